The highest BCUT2D eigenvalue weighted by atomic mass is 32.1. The van der Waals surface area contributed by atoms with Gasteiger partial charge < -0.3 is 14.5 Å². The van der Waals surface area contributed by atoms with Gasteiger partial charge in [0, 0.05) is 42.9 Å². The van der Waals surface area contributed by atoms with E-state index < -0.39 is 0 Å². The minimum absolute atomic E-state index is 0.0146. The second-order valence-corrected chi connectivity index (χ2v) is 8.88. The van der Waals surface area contributed by atoms with E-state index in [0.29, 0.717) is 25.3 Å². The van der Waals surface area contributed by atoms with Gasteiger partial charge >= 0.3 is 0 Å². The number of carbonyl (C=O) groups excluding carboxylic acids is 1. The fourth-order valence-electron chi connectivity index (χ4n) is 3.75. The molecule has 0 saturated carbocycles. The number of thiophene rings is 1. The van der Waals surface area contributed by atoms with Gasteiger partial charge in [-0.3, -0.25) is 9.69 Å². The minimum atomic E-state index is 0.0146. The van der Waals surface area contributed by atoms with Gasteiger partial charge in [0.25, 0.3) is 0 Å². The average molecular weight is 440 g/mol. The number of oxazole rings is 1. The van der Waals surface area contributed by atoms with Crippen LogP contribution in [0.3, 0.4) is 0 Å². The van der Waals surface area contributed by atoms with Gasteiger partial charge in [-0.1, -0.05) is 18.2 Å². The van der Waals surface area contributed by atoms with Crippen molar-refractivity contribution in [2.45, 2.75) is 32.7 Å². The standard InChI is InChI=1S/C24H29N3O3S/c1-17-5-6-19(14-18(17)2)21-16-26-24(30-21)8-7-23(28)25-15-20(22-4-3-13-31-22)27-9-11-29-12-10-27/h3-6,13-14,16,20H,7-12,15H2,1-2H3,(H,25,28). The molecule has 6 nitrogen and oxygen atoms in total. The first-order valence-electron chi connectivity index (χ1n) is 10.7. The molecule has 1 unspecified atom stereocenters. The zero-order chi connectivity index (χ0) is 21.6. The second kappa shape index (κ2) is 10.2. The van der Waals surface area contributed by atoms with E-state index in [9.17, 15) is 4.79 Å². The molecule has 4 rings (SSSR count). The third kappa shape index (κ3) is 5.61. The van der Waals surface area contributed by atoms with Crippen molar-refractivity contribution in [1.82, 2.24) is 15.2 Å². The van der Waals surface area contributed by atoms with E-state index in [4.69, 9.17) is 9.15 Å². The molecule has 1 aliphatic rings. The predicted molar refractivity (Wildman–Crippen MR) is 122 cm³/mol. The summed E-state index contributed by atoms with van der Waals surface area (Å²) in [6, 6.07) is 10.6. The molecule has 1 N–H and O–H groups in total. The Labute approximate surface area is 187 Å². The highest BCUT2D eigenvalue weighted by Crippen LogP contribution is 2.26. The highest BCUT2D eigenvalue weighted by molar-refractivity contribution is 7.10. The van der Waals surface area contributed by atoms with Crippen molar-refractivity contribution in [3.05, 3.63) is 63.8 Å². The molecule has 1 aromatic carbocycles. The summed E-state index contributed by atoms with van der Waals surface area (Å²) < 4.78 is 11.4. The Hall–Kier alpha value is -2.48. The number of hydrogen-bond acceptors (Lipinski definition) is 6. The van der Waals surface area contributed by atoms with Crippen LogP contribution in [0, 0.1) is 13.8 Å². The number of aryl methyl sites for hydroxylation is 3. The van der Waals surface area contributed by atoms with Crippen molar-refractivity contribution in [1.29, 1.82) is 0 Å². The number of ether oxygens (including phenoxy) is 1. The monoisotopic (exact) mass is 439 g/mol. The van der Waals surface area contributed by atoms with E-state index in [1.807, 2.05) is 6.07 Å². The fraction of sp³-hybridized carbons (Fsp3) is 0.417. The van der Waals surface area contributed by atoms with Gasteiger partial charge in [-0.2, -0.15) is 0 Å². The summed E-state index contributed by atoms with van der Waals surface area (Å²) in [5, 5.41) is 5.19. The van der Waals surface area contributed by atoms with Crippen LogP contribution in [0.15, 0.2) is 46.3 Å². The minimum Gasteiger partial charge on any atom is -0.441 e. The molecule has 3 aromatic rings. The van der Waals surface area contributed by atoms with Crippen LogP contribution in [-0.2, 0) is 16.0 Å². The quantitative estimate of drug-likeness (QED) is 0.571. The molecule has 1 aliphatic heterocycles. The van der Waals surface area contributed by atoms with Gasteiger partial charge in [0.05, 0.1) is 25.5 Å². The number of nitrogens with one attached hydrogen (secondary N) is 1. The van der Waals surface area contributed by atoms with Crippen LogP contribution < -0.4 is 5.32 Å². The third-order valence-corrected chi connectivity index (χ3v) is 6.74. The SMILES string of the molecule is Cc1ccc(-c2cnc(CCC(=O)NCC(c3cccs3)N3CCOCC3)o2)cc1C. The zero-order valence-corrected chi connectivity index (χ0v) is 18.9. The Kier molecular flexibility index (Phi) is 7.17. The van der Waals surface area contributed by atoms with Crippen molar-refractivity contribution in [2.75, 3.05) is 32.8 Å². The maximum Gasteiger partial charge on any atom is 0.220 e. The summed E-state index contributed by atoms with van der Waals surface area (Å²) in [6.07, 6.45) is 2.58. The van der Waals surface area contributed by atoms with Gasteiger partial charge in [0.15, 0.2) is 11.7 Å². The lowest BCUT2D eigenvalue weighted by atomic mass is 10.1. The van der Waals surface area contributed by atoms with Gasteiger partial charge in [0.1, 0.15) is 0 Å². The first-order valence-corrected chi connectivity index (χ1v) is 11.6. The molecule has 1 fully saturated rings. The maximum absolute atomic E-state index is 12.5. The summed E-state index contributed by atoms with van der Waals surface area (Å²) >= 11 is 1.73. The van der Waals surface area contributed by atoms with Crippen LogP contribution >= 0.6 is 11.3 Å². The number of hydrogen-bond donors (Lipinski definition) is 1. The lowest BCUT2D eigenvalue weighted by Crippen LogP contribution is -2.43. The molecular weight excluding hydrogens is 410 g/mol. The highest BCUT2D eigenvalue weighted by Gasteiger charge is 2.24. The van der Waals surface area contributed by atoms with E-state index in [-0.39, 0.29) is 11.9 Å². The van der Waals surface area contributed by atoms with Crippen molar-refractivity contribution >= 4 is 17.2 Å². The lowest BCUT2D eigenvalue weighted by molar-refractivity contribution is -0.121. The lowest BCUT2D eigenvalue weighted by Gasteiger charge is -2.34. The van der Waals surface area contributed by atoms with Gasteiger partial charge in [-0.25, -0.2) is 4.98 Å². The molecule has 1 atom stereocenters. The molecule has 1 amide bonds. The Balaban J connectivity index is 1.30. The second-order valence-electron chi connectivity index (χ2n) is 7.90. The van der Waals surface area contributed by atoms with Crippen molar-refractivity contribution < 1.29 is 13.9 Å². The van der Waals surface area contributed by atoms with E-state index in [1.165, 1.54) is 16.0 Å². The van der Waals surface area contributed by atoms with E-state index in [1.54, 1.807) is 17.5 Å². The molecule has 0 radical (unpaired) electrons. The summed E-state index contributed by atoms with van der Waals surface area (Å²) in [6.45, 7) is 8.02. The third-order valence-electron chi connectivity index (χ3n) is 5.76. The van der Waals surface area contributed by atoms with Gasteiger partial charge in [0.2, 0.25) is 5.91 Å². The number of rotatable bonds is 8. The average Bonchev–Trinajstić information content (AvgIpc) is 3.48. The first-order chi connectivity index (χ1) is 15.1. The van der Waals surface area contributed by atoms with Crippen LogP contribution in [0.5, 0.6) is 0 Å². The van der Waals surface area contributed by atoms with Crippen LogP contribution in [0.2, 0.25) is 0 Å². The Morgan fingerprint density at radius 3 is 2.81 bits per heavy atom. The van der Waals surface area contributed by atoms with Crippen molar-refractivity contribution in [3.8, 4) is 11.3 Å². The summed E-state index contributed by atoms with van der Waals surface area (Å²) in [5.41, 5.74) is 3.48. The van der Waals surface area contributed by atoms with Crippen molar-refractivity contribution in [2.24, 2.45) is 0 Å². The Morgan fingerprint density at radius 1 is 1.23 bits per heavy atom. The number of benzene rings is 1. The summed E-state index contributed by atoms with van der Waals surface area (Å²) in [5.74, 6) is 1.34. The van der Waals surface area contributed by atoms with Gasteiger partial charge in [-0.05, 0) is 42.5 Å². The molecule has 0 bridgehead atoms. The van der Waals surface area contributed by atoms with Crippen LogP contribution in [0.4, 0.5) is 0 Å². The molecule has 0 aliphatic carbocycles. The molecule has 1 saturated heterocycles. The molecule has 31 heavy (non-hydrogen) atoms. The normalized spacial score (nSPS) is 15.7. The molecule has 0 spiro atoms. The van der Waals surface area contributed by atoms with E-state index >= 15 is 0 Å². The van der Waals surface area contributed by atoms with E-state index in [2.05, 4.69) is 58.7 Å². The number of carbonyl (C=O) groups is 1. The number of nitrogens with zero attached hydrogens (tertiary/aromatic N) is 2. The fourth-order valence-corrected chi connectivity index (χ4v) is 4.61. The summed E-state index contributed by atoms with van der Waals surface area (Å²) in [4.78, 5) is 20.5. The van der Waals surface area contributed by atoms with Crippen LogP contribution in [0.25, 0.3) is 11.3 Å². The van der Waals surface area contributed by atoms with Crippen LogP contribution in [-0.4, -0.2) is 48.6 Å². The summed E-state index contributed by atoms with van der Waals surface area (Å²) in [7, 11) is 0. The zero-order valence-electron chi connectivity index (χ0n) is 18.1. The Morgan fingerprint density at radius 2 is 2.06 bits per heavy atom. The number of aromatic nitrogens is 1. The maximum atomic E-state index is 12.5. The molecular formula is C24H29N3O3S. The molecule has 3 heterocycles. The Bertz CT molecular complexity index is 993. The number of morpholine rings is 1. The molecule has 2 aromatic heterocycles. The molecule has 164 valence electrons. The van der Waals surface area contributed by atoms with Crippen molar-refractivity contribution in [3.63, 3.8) is 0 Å². The molecule has 7 heteroatoms. The van der Waals surface area contributed by atoms with E-state index in [0.717, 1.165) is 37.6 Å². The topological polar surface area (TPSA) is 67.6 Å². The predicted octanol–water partition coefficient (Wildman–Crippen LogP) is 4.14. The van der Waals surface area contributed by atoms with Crippen LogP contribution in [0.1, 0.15) is 34.4 Å². The largest absolute Gasteiger partial charge is 0.441 e. The smallest absolute Gasteiger partial charge is 0.220 e. The first kappa shape index (κ1) is 21.7. The number of amides is 1. The van der Waals surface area contributed by atoms with Gasteiger partial charge in [-0.15, -0.1) is 11.3 Å².